The summed E-state index contributed by atoms with van der Waals surface area (Å²) < 4.78 is 0. The first-order valence-electron chi connectivity index (χ1n) is 7.95. The summed E-state index contributed by atoms with van der Waals surface area (Å²) in [6, 6.07) is 10.1. The van der Waals surface area contributed by atoms with Gasteiger partial charge in [-0.05, 0) is 25.5 Å². The third-order valence-electron chi connectivity index (χ3n) is 4.00. The molecule has 0 atom stereocenters. The van der Waals surface area contributed by atoms with Crippen LogP contribution in [0.4, 0.5) is 0 Å². The van der Waals surface area contributed by atoms with Crippen LogP contribution in [0, 0.1) is 0 Å². The summed E-state index contributed by atoms with van der Waals surface area (Å²) >= 11 is 0. The van der Waals surface area contributed by atoms with Crippen molar-refractivity contribution in [1.82, 2.24) is 15.1 Å². The quantitative estimate of drug-likeness (QED) is 0.879. The lowest BCUT2D eigenvalue weighted by atomic mass is 10.1. The Bertz CT molecular complexity index is 490. The second-order valence-electron chi connectivity index (χ2n) is 5.63. The standard InChI is InChI=1S/C17H25N3O2/c1-18-14-17(22)20-11-5-10-19(12-13-20)16(21)9-8-15-6-3-2-4-7-15/h2-4,6-7,18H,5,8-14H2,1H3. The van der Waals surface area contributed by atoms with Gasteiger partial charge in [0.05, 0.1) is 6.54 Å². The zero-order valence-electron chi connectivity index (χ0n) is 13.3. The molecule has 1 heterocycles. The molecule has 1 aromatic rings. The van der Waals surface area contributed by atoms with Crippen LogP contribution in [0.3, 0.4) is 0 Å². The van der Waals surface area contributed by atoms with E-state index in [9.17, 15) is 9.59 Å². The fourth-order valence-electron chi connectivity index (χ4n) is 2.73. The number of hydrogen-bond acceptors (Lipinski definition) is 3. The number of nitrogens with zero attached hydrogens (tertiary/aromatic N) is 2. The van der Waals surface area contributed by atoms with Crippen molar-refractivity contribution in [3.05, 3.63) is 35.9 Å². The SMILES string of the molecule is CNCC(=O)N1CCCN(C(=O)CCc2ccccc2)CC1. The second-order valence-corrected chi connectivity index (χ2v) is 5.63. The summed E-state index contributed by atoms with van der Waals surface area (Å²) in [5.41, 5.74) is 1.19. The van der Waals surface area contributed by atoms with E-state index in [1.54, 1.807) is 7.05 Å². The largest absolute Gasteiger partial charge is 0.341 e. The first-order valence-corrected chi connectivity index (χ1v) is 7.95. The first kappa shape index (κ1) is 16.5. The van der Waals surface area contributed by atoms with E-state index in [2.05, 4.69) is 5.32 Å². The molecule has 0 unspecified atom stereocenters. The number of likely N-dealkylation sites (N-methyl/N-ethyl adjacent to an activating group) is 1. The molecule has 1 N–H and O–H groups in total. The van der Waals surface area contributed by atoms with Gasteiger partial charge in [-0.3, -0.25) is 9.59 Å². The number of carbonyl (C=O) groups is 2. The Balaban J connectivity index is 1.80. The molecule has 1 saturated heterocycles. The lowest BCUT2D eigenvalue weighted by Crippen LogP contribution is -2.40. The maximum absolute atomic E-state index is 12.3. The van der Waals surface area contributed by atoms with Crippen molar-refractivity contribution >= 4 is 11.8 Å². The molecule has 120 valence electrons. The molecule has 1 fully saturated rings. The molecule has 0 radical (unpaired) electrons. The fourth-order valence-corrected chi connectivity index (χ4v) is 2.73. The number of carbonyl (C=O) groups excluding carboxylic acids is 2. The van der Waals surface area contributed by atoms with E-state index >= 15 is 0 Å². The van der Waals surface area contributed by atoms with Crippen molar-refractivity contribution in [3.8, 4) is 0 Å². The van der Waals surface area contributed by atoms with Gasteiger partial charge in [0.1, 0.15) is 0 Å². The molecule has 2 amide bonds. The highest BCUT2D eigenvalue weighted by atomic mass is 16.2. The number of rotatable bonds is 5. The molecule has 2 rings (SSSR count). The number of hydrogen-bond donors (Lipinski definition) is 1. The molecule has 1 aliphatic heterocycles. The lowest BCUT2D eigenvalue weighted by molar-refractivity contribution is -0.133. The van der Waals surface area contributed by atoms with Crippen molar-refractivity contribution in [2.45, 2.75) is 19.3 Å². The van der Waals surface area contributed by atoms with E-state index in [0.717, 1.165) is 25.9 Å². The van der Waals surface area contributed by atoms with Crippen LogP contribution in [-0.2, 0) is 16.0 Å². The Hall–Kier alpha value is -1.88. The molecule has 0 bridgehead atoms. The van der Waals surface area contributed by atoms with Crippen LogP contribution < -0.4 is 5.32 Å². The topological polar surface area (TPSA) is 52.7 Å². The lowest BCUT2D eigenvalue weighted by Gasteiger charge is -2.22. The van der Waals surface area contributed by atoms with Crippen LogP contribution in [0.2, 0.25) is 0 Å². The van der Waals surface area contributed by atoms with Crippen molar-refractivity contribution in [2.75, 3.05) is 39.8 Å². The van der Waals surface area contributed by atoms with Gasteiger partial charge in [-0.15, -0.1) is 0 Å². The fraction of sp³-hybridized carbons (Fsp3) is 0.529. The Morgan fingerprint density at radius 3 is 2.27 bits per heavy atom. The van der Waals surface area contributed by atoms with Gasteiger partial charge in [-0.25, -0.2) is 0 Å². The Morgan fingerprint density at radius 1 is 1.00 bits per heavy atom. The molecule has 22 heavy (non-hydrogen) atoms. The minimum Gasteiger partial charge on any atom is -0.341 e. The normalized spacial score (nSPS) is 15.5. The highest BCUT2D eigenvalue weighted by Crippen LogP contribution is 2.08. The van der Waals surface area contributed by atoms with E-state index in [-0.39, 0.29) is 11.8 Å². The van der Waals surface area contributed by atoms with E-state index in [1.165, 1.54) is 5.56 Å². The minimum absolute atomic E-state index is 0.112. The Morgan fingerprint density at radius 2 is 1.64 bits per heavy atom. The van der Waals surface area contributed by atoms with E-state index in [1.807, 2.05) is 40.1 Å². The predicted octanol–water partition coefficient (Wildman–Crippen LogP) is 0.900. The van der Waals surface area contributed by atoms with Crippen LogP contribution >= 0.6 is 0 Å². The van der Waals surface area contributed by atoms with Gasteiger partial charge in [-0.1, -0.05) is 30.3 Å². The van der Waals surface area contributed by atoms with E-state index < -0.39 is 0 Å². The Labute approximate surface area is 132 Å². The first-order chi connectivity index (χ1) is 10.7. The molecule has 0 aromatic heterocycles. The molecule has 0 aliphatic carbocycles. The van der Waals surface area contributed by atoms with E-state index in [0.29, 0.717) is 26.1 Å². The number of aryl methyl sites for hydroxylation is 1. The van der Waals surface area contributed by atoms with Crippen LogP contribution in [0.5, 0.6) is 0 Å². The van der Waals surface area contributed by atoms with Crippen LogP contribution in [0.1, 0.15) is 18.4 Å². The third kappa shape index (κ3) is 4.84. The maximum Gasteiger partial charge on any atom is 0.236 e. The molecule has 5 heteroatoms. The molecule has 0 saturated carbocycles. The molecule has 1 aromatic carbocycles. The van der Waals surface area contributed by atoms with Crippen molar-refractivity contribution in [2.24, 2.45) is 0 Å². The zero-order valence-corrected chi connectivity index (χ0v) is 13.3. The van der Waals surface area contributed by atoms with Gasteiger partial charge >= 0.3 is 0 Å². The van der Waals surface area contributed by atoms with E-state index in [4.69, 9.17) is 0 Å². The summed E-state index contributed by atoms with van der Waals surface area (Å²) in [4.78, 5) is 28.0. The Kier molecular flexibility index (Phi) is 6.40. The van der Waals surface area contributed by atoms with Gasteiger partial charge in [0.15, 0.2) is 0 Å². The summed E-state index contributed by atoms with van der Waals surface area (Å²) in [7, 11) is 1.77. The summed E-state index contributed by atoms with van der Waals surface area (Å²) in [5.74, 6) is 0.299. The smallest absolute Gasteiger partial charge is 0.236 e. The second kappa shape index (κ2) is 8.54. The number of benzene rings is 1. The summed E-state index contributed by atoms with van der Waals surface area (Å²) in [6.45, 7) is 3.13. The number of amides is 2. The third-order valence-corrected chi connectivity index (χ3v) is 4.00. The molecule has 5 nitrogen and oxygen atoms in total. The average Bonchev–Trinajstić information content (AvgIpc) is 2.80. The highest BCUT2D eigenvalue weighted by Gasteiger charge is 2.21. The highest BCUT2D eigenvalue weighted by molar-refractivity contribution is 5.79. The van der Waals surface area contributed by atoms with Crippen molar-refractivity contribution in [3.63, 3.8) is 0 Å². The molecule has 1 aliphatic rings. The summed E-state index contributed by atoms with van der Waals surface area (Å²) in [6.07, 6.45) is 2.17. The van der Waals surface area contributed by atoms with Gasteiger partial charge in [0.25, 0.3) is 0 Å². The van der Waals surface area contributed by atoms with Gasteiger partial charge < -0.3 is 15.1 Å². The van der Waals surface area contributed by atoms with Gasteiger partial charge in [0, 0.05) is 32.6 Å². The predicted molar refractivity (Wildman–Crippen MR) is 86.5 cm³/mol. The maximum atomic E-state index is 12.3. The van der Waals surface area contributed by atoms with Crippen molar-refractivity contribution in [1.29, 1.82) is 0 Å². The summed E-state index contributed by atoms with van der Waals surface area (Å²) in [5, 5.41) is 2.89. The van der Waals surface area contributed by atoms with Gasteiger partial charge in [0.2, 0.25) is 11.8 Å². The average molecular weight is 303 g/mol. The van der Waals surface area contributed by atoms with Crippen LogP contribution in [0.25, 0.3) is 0 Å². The minimum atomic E-state index is 0.112. The molecular formula is C17H25N3O2. The van der Waals surface area contributed by atoms with Crippen molar-refractivity contribution < 1.29 is 9.59 Å². The van der Waals surface area contributed by atoms with Gasteiger partial charge in [-0.2, -0.15) is 0 Å². The zero-order chi connectivity index (χ0) is 15.8. The molecular weight excluding hydrogens is 278 g/mol. The van der Waals surface area contributed by atoms with Crippen LogP contribution in [-0.4, -0.2) is 61.4 Å². The monoisotopic (exact) mass is 303 g/mol. The number of nitrogens with one attached hydrogen (secondary N) is 1. The van der Waals surface area contributed by atoms with Crippen LogP contribution in [0.15, 0.2) is 30.3 Å². The molecule has 0 spiro atoms.